The second-order valence-electron chi connectivity index (χ2n) is 1.94. The molecule has 0 saturated carbocycles. The van der Waals surface area contributed by atoms with Crippen molar-refractivity contribution in [2.45, 2.75) is 6.92 Å². The van der Waals surface area contributed by atoms with Gasteiger partial charge in [0.25, 0.3) is 0 Å². The number of aromatic nitrogens is 1. The number of H-pyrrole nitrogens is 1. The van der Waals surface area contributed by atoms with Gasteiger partial charge in [0.05, 0.1) is 0 Å². The van der Waals surface area contributed by atoms with Gasteiger partial charge in [0.15, 0.2) is 0 Å². The first kappa shape index (κ1) is 8.48. The van der Waals surface area contributed by atoms with Crippen molar-refractivity contribution in [1.82, 2.24) is 4.98 Å². The Morgan fingerprint density at radius 2 is 2.36 bits per heavy atom. The van der Waals surface area contributed by atoms with E-state index < -0.39 is 0 Å². The predicted octanol–water partition coefficient (Wildman–Crippen LogP) is 1.81. The van der Waals surface area contributed by atoms with E-state index in [1.165, 1.54) is 4.29 Å². The third kappa shape index (κ3) is 3.34. The Morgan fingerprint density at radius 1 is 1.45 bits per heavy atom. The summed E-state index contributed by atoms with van der Waals surface area (Å²) in [6.45, 7) is 2.02. The zero-order valence-corrected chi connectivity index (χ0v) is 8.13. The van der Waals surface area contributed by atoms with Crippen molar-refractivity contribution in [3.63, 3.8) is 0 Å². The van der Waals surface area contributed by atoms with E-state index in [1.54, 1.807) is 0 Å². The number of hydrogen-bond acceptors (Lipinski definition) is 0. The second kappa shape index (κ2) is 5.09. The van der Waals surface area contributed by atoms with Crippen molar-refractivity contribution in [2.24, 2.45) is 0 Å². The summed E-state index contributed by atoms with van der Waals surface area (Å²) >= 11 is 0.232. The quantitative estimate of drug-likeness (QED) is 0.606. The summed E-state index contributed by atoms with van der Waals surface area (Å²) in [6, 6.07) is 4.16. The van der Waals surface area contributed by atoms with Crippen LogP contribution in [0.25, 0.3) is 0 Å². The number of hydrogen-bond donors (Lipinski definition) is 1. The summed E-state index contributed by atoms with van der Waals surface area (Å²) in [5.74, 6) is 0. The van der Waals surface area contributed by atoms with Crippen LogP contribution in [-0.2, 0) is 17.1 Å². The first-order valence-electron chi connectivity index (χ1n) is 3.45. The molecule has 0 radical (unpaired) electrons. The monoisotopic (exact) mass is 235 g/mol. The first-order chi connectivity index (χ1) is 5.43. The number of aromatic amines is 1. The fourth-order valence-corrected chi connectivity index (χ4v) is 1.91. The van der Waals surface area contributed by atoms with Gasteiger partial charge in [-0.25, -0.2) is 0 Å². The molecule has 0 aliphatic rings. The molecule has 0 bridgehead atoms. The van der Waals surface area contributed by atoms with Crippen LogP contribution in [0, 0.1) is 0 Å². The van der Waals surface area contributed by atoms with Crippen LogP contribution in [0.15, 0.2) is 41.2 Å². The molecular weight excluding hydrogens is 223 g/mol. The number of nitrogens with one attached hydrogen (secondary N) is 1. The molecule has 1 aromatic heterocycles. The molecule has 0 aliphatic carbocycles. The zero-order valence-electron chi connectivity index (χ0n) is 6.40. The molecule has 1 aromatic rings. The maximum absolute atomic E-state index is 3.18. The van der Waals surface area contributed by atoms with Crippen LogP contribution >= 0.6 is 0 Å². The Kier molecular flexibility index (Phi) is 3.92. The van der Waals surface area contributed by atoms with Gasteiger partial charge in [-0.3, -0.25) is 0 Å². The zero-order chi connectivity index (χ0) is 7.94. The SMILES string of the molecule is CC=CC=[CH][Ru][c]1ccc[nH]1. The maximum atomic E-state index is 3.18. The molecular formula is C9H11NRu. The molecule has 0 atom stereocenters. The van der Waals surface area contributed by atoms with Crippen LogP contribution in [-0.4, -0.2) is 4.98 Å². The molecule has 0 fully saturated rings. The molecule has 0 amide bonds. The standard InChI is InChI=1S/C5H7.C4H4N.Ru/c1-3-5-4-2;1-2-4-5-3-1;/h1,3-5H,2H3;1-3,5H;. The summed E-state index contributed by atoms with van der Waals surface area (Å²) in [6.07, 6.45) is 8.15. The van der Waals surface area contributed by atoms with Gasteiger partial charge < -0.3 is 0 Å². The van der Waals surface area contributed by atoms with E-state index >= 15 is 0 Å². The fourth-order valence-electron chi connectivity index (χ4n) is 0.615. The van der Waals surface area contributed by atoms with E-state index in [4.69, 9.17) is 0 Å². The Bertz CT molecular complexity index is 234. The second-order valence-corrected chi connectivity index (χ2v) is 3.96. The van der Waals surface area contributed by atoms with E-state index in [-0.39, 0.29) is 17.1 Å². The summed E-state index contributed by atoms with van der Waals surface area (Å²) in [7, 11) is 0. The van der Waals surface area contributed by atoms with Crippen molar-refractivity contribution in [1.29, 1.82) is 0 Å². The van der Waals surface area contributed by atoms with E-state index in [1.807, 2.05) is 25.3 Å². The minimum atomic E-state index is 0.232. The molecule has 60 valence electrons. The van der Waals surface area contributed by atoms with Gasteiger partial charge in [-0.05, 0) is 0 Å². The molecule has 1 heterocycles. The van der Waals surface area contributed by atoms with Gasteiger partial charge in [-0.15, -0.1) is 0 Å². The Morgan fingerprint density at radius 3 is 3.00 bits per heavy atom. The Balaban J connectivity index is 2.34. The average Bonchev–Trinajstić information content (AvgIpc) is 2.50. The molecule has 0 spiro atoms. The summed E-state index contributed by atoms with van der Waals surface area (Å²) in [5, 5.41) is 0. The van der Waals surface area contributed by atoms with Crippen LogP contribution in [0.1, 0.15) is 6.92 Å². The normalized spacial score (nSPS) is 12.1. The van der Waals surface area contributed by atoms with Gasteiger partial charge in [0.2, 0.25) is 0 Å². The molecule has 1 rings (SSSR count). The molecule has 0 unspecified atom stereocenters. The molecule has 1 nitrogen and oxygen atoms in total. The first-order valence-corrected chi connectivity index (χ1v) is 5.32. The summed E-state index contributed by atoms with van der Waals surface area (Å²) in [4.78, 5) is 3.18. The predicted molar refractivity (Wildman–Crippen MR) is 44.4 cm³/mol. The van der Waals surface area contributed by atoms with Crippen molar-refractivity contribution >= 4 is 4.29 Å². The number of allylic oxidation sites excluding steroid dienone is 3. The van der Waals surface area contributed by atoms with Gasteiger partial charge in [-0.1, -0.05) is 0 Å². The van der Waals surface area contributed by atoms with Gasteiger partial charge >= 0.3 is 74.6 Å². The van der Waals surface area contributed by atoms with Crippen molar-refractivity contribution in [3.05, 3.63) is 41.2 Å². The third-order valence-electron chi connectivity index (χ3n) is 1.09. The van der Waals surface area contributed by atoms with Crippen molar-refractivity contribution in [2.75, 3.05) is 0 Å². The van der Waals surface area contributed by atoms with E-state index in [2.05, 4.69) is 27.9 Å². The molecule has 11 heavy (non-hydrogen) atoms. The van der Waals surface area contributed by atoms with Crippen molar-refractivity contribution in [3.8, 4) is 0 Å². The van der Waals surface area contributed by atoms with E-state index in [9.17, 15) is 0 Å². The average molecular weight is 234 g/mol. The Hall–Kier alpha value is -0.617. The summed E-state index contributed by atoms with van der Waals surface area (Å²) in [5.41, 5.74) is 0. The van der Waals surface area contributed by atoms with Gasteiger partial charge in [0, 0.05) is 0 Å². The molecule has 0 aromatic carbocycles. The van der Waals surface area contributed by atoms with Crippen LogP contribution < -0.4 is 4.29 Å². The minimum absolute atomic E-state index is 0.232. The van der Waals surface area contributed by atoms with Crippen molar-refractivity contribution < 1.29 is 17.1 Å². The Labute approximate surface area is 74.8 Å². The van der Waals surface area contributed by atoms with E-state index in [0.29, 0.717) is 0 Å². The van der Waals surface area contributed by atoms with Crippen LogP contribution in [0.5, 0.6) is 0 Å². The van der Waals surface area contributed by atoms with Crippen LogP contribution in [0.2, 0.25) is 0 Å². The molecule has 0 aliphatic heterocycles. The third-order valence-corrected chi connectivity index (χ3v) is 2.80. The fraction of sp³-hybridized carbons (Fsp3) is 0.111. The van der Waals surface area contributed by atoms with Crippen LogP contribution in [0.4, 0.5) is 0 Å². The summed E-state index contributed by atoms with van der Waals surface area (Å²) < 4.78 is 3.57. The molecule has 2 heteroatoms. The van der Waals surface area contributed by atoms with Gasteiger partial charge in [-0.2, -0.15) is 0 Å². The molecule has 1 N–H and O–H groups in total. The molecule has 0 saturated heterocycles. The number of rotatable bonds is 3. The van der Waals surface area contributed by atoms with Crippen LogP contribution in [0.3, 0.4) is 0 Å². The van der Waals surface area contributed by atoms with E-state index in [0.717, 1.165) is 0 Å². The van der Waals surface area contributed by atoms with Gasteiger partial charge in [0.1, 0.15) is 0 Å². The topological polar surface area (TPSA) is 15.8 Å².